The number of hydrogen-bond acceptors (Lipinski definition) is 17. The zero-order valence-electron chi connectivity index (χ0n) is 49.6. The molecule has 84 heavy (non-hydrogen) atoms. The SMILES string of the molecule is C=C(CN(c1ncc2c(n1)N(C1CCCC1)[C@H](CC)C(=O)N2C)c1ccc(C(=O)NC2CCN(C)CC2)cc1OC)C(=O)CCCN1CCN(c2nc(OC[C@@H]3CCCN3C)nc3c2CCN(c2cccc4cccc(Cl)c24)C3)C[C@@H]1CC#N. The number of anilines is 6. The largest absolute Gasteiger partial charge is 0.495 e. The molecule has 0 unspecified atom stereocenters. The van der Waals surface area contributed by atoms with Crippen LogP contribution in [0, 0.1) is 11.3 Å². The molecule has 20 heteroatoms. The van der Waals surface area contributed by atoms with Gasteiger partial charge in [0.25, 0.3) is 5.91 Å². The van der Waals surface area contributed by atoms with Crippen molar-refractivity contribution in [2.24, 2.45) is 0 Å². The number of carbonyl (C=O) groups is 3. The maximum atomic E-state index is 14.4. The summed E-state index contributed by atoms with van der Waals surface area (Å²) in [6.45, 7) is 13.7. The lowest BCUT2D eigenvalue weighted by Crippen LogP contribution is -2.55. The standard InChI is InChI=1S/C64H81ClN14O5/c1-7-52-62(82)74(5)55-37-67-63(70-60(55)79(52)46-16-8-9-17-46)78(53-23-22-44(36-57(53)83-6)61(81)68-45-25-31-72(3)32-26-45)38-42(2)56(80)21-13-30-75-34-35-77(39-47(75)24-28-66)59-49-27-33-76(54-20-11-15-43-14-10-19-50(65)58(43)54)40-51(49)69-64(71-59)84-41-48-18-12-29-73(48)4/h10-11,14-15,19-20,22-23,36-37,45-48,52H,2,7-9,12-13,16-18,21,24-27,29-35,38-41H2,1,3-6H3,(H,68,81)/t47-,48-,52+/m0/s1. The van der Waals surface area contributed by atoms with Gasteiger partial charge in [0, 0.05) is 91.6 Å². The Labute approximate surface area is 499 Å². The first kappa shape index (κ1) is 58.7. The summed E-state index contributed by atoms with van der Waals surface area (Å²) in [6, 6.07) is 20.6. The number of nitriles is 1. The van der Waals surface area contributed by atoms with E-state index in [2.05, 4.69) is 85.7 Å². The highest BCUT2D eigenvalue weighted by molar-refractivity contribution is 6.36. The Bertz CT molecular complexity index is 3280. The molecule has 5 aromatic rings. The van der Waals surface area contributed by atoms with E-state index in [-0.39, 0.29) is 54.7 Å². The molecule has 3 saturated heterocycles. The maximum absolute atomic E-state index is 14.4. The van der Waals surface area contributed by atoms with Crippen molar-refractivity contribution < 1.29 is 23.9 Å². The molecule has 0 radical (unpaired) electrons. The molecule has 3 aromatic carbocycles. The van der Waals surface area contributed by atoms with E-state index in [0.717, 1.165) is 123 Å². The summed E-state index contributed by atoms with van der Waals surface area (Å²) in [6.07, 6.45) is 12.2. The summed E-state index contributed by atoms with van der Waals surface area (Å²) in [5.74, 6) is 2.01. The van der Waals surface area contributed by atoms with Crippen molar-refractivity contribution in [1.29, 1.82) is 5.26 Å². The number of rotatable bonds is 20. The summed E-state index contributed by atoms with van der Waals surface area (Å²) in [4.78, 5) is 79.9. The van der Waals surface area contributed by atoms with Crippen LogP contribution < -0.4 is 39.3 Å². The minimum atomic E-state index is -0.376. The van der Waals surface area contributed by atoms with Crippen LogP contribution in [0.3, 0.4) is 0 Å². The fourth-order valence-electron chi connectivity index (χ4n) is 13.6. The highest BCUT2D eigenvalue weighted by Crippen LogP contribution is 2.43. The Morgan fingerprint density at radius 3 is 2.44 bits per heavy atom. The van der Waals surface area contributed by atoms with E-state index in [9.17, 15) is 19.6 Å². The number of benzene rings is 3. The van der Waals surface area contributed by atoms with Gasteiger partial charge in [0.05, 0.1) is 55.3 Å². The second kappa shape index (κ2) is 26.0. The Balaban J connectivity index is 0.808. The van der Waals surface area contributed by atoms with Gasteiger partial charge in [0.2, 0.25) is 11.9 Å². The van der Waals surface area contributed by atoms with Gasteiger partial charge in [-0.2, -0.15) is 20.2 Å². The Hall–Kier alpha value is -7.11. The lowest BCUT2D eigenvalue weighted by atomic mass is 10.0. The van der Waals surface area contributed by atoms with Crippen molar-refractivity contribution in [2.45, 2.75) is 127 Å². The molecule has 19 nitrogen and oxygen atoms in total. The lowest BCUT2D eigenvalue weighted by Gasteiger charge is -2.43. The van der Waals surface area contributed by atoms with Crippen molar-refractivity contribution in [3.05, 3.63) is 94.8 Å². The van der Waals surface area contributed by atoms with E-state index in [1.807, 2.05) is 30.0 Å². The van der Waals surface area contributed by atoms with Gasteiger partial charge in [0.15, 0.2) is 11.6 Å². The number of piperidine rings is 1. The fourth-order valence-corrected chi connectivity index (χ4v) is 13.9. The minimum absolute atomic E-state index is 0.0174. The number of ketones is 1. The predicted molar refractivity (Wildman–Crippen MR) is 330 cm³/mol. The third-order valence-electron chi connectivity index (χ3n) is 18.5. The van der Waals surface area contributed by atoms with E-state index < -0.39 is 0 Å². The van der Waals surface area contributed by atoms with Crippen molar-refractivity contribution in [3.8, 4) is 17.8 Å². The number of ether oxygens (including phenoxy) is 2. The number of nitrogens with zero attached hydrogens (tertiary/aromatic N) is 13. The summed E-state index contributed by atoms with van der Waals surface area (Å²) in [5, 5.41) is 16.3. The number of likely N-dealkylation sites (tertiary alicyclic amines) is 2. The van der Waals surface area contributed by atoms with Gasteiger partial charge in [-0.3, -0.25) is 19.3 Å². The number of Topliss-reactive ketones (excluding diaryl/α,β-unsaturated/α-hetero) is 1. The van der Waals surface area contributed by atoms with Crippen molar-refractivity contribution in [1.82, 2.24) is 40.0 Å². The Morgan fingerprint density at radius 2 is 1.69 bits per heavy atom. The molecule has 2 aromatic heterocycles. The average molecular weight is 1160 g/mol. The first-order chi connectivity index (χ1) is 40.8. The molecule has 1 N–H and O–H groups in total. The number of piperazine rings is 1. The van der Waals surface area contributed by atoms with E-state index in [1.54, 1.807) is 37.4 Å². The summed E-state index contributed by atoms with van der Waals surface area (Å²) >= 11 is 6.86. The van der Waals surface area contributed by atoms with E-state index >= 15 is 0 Å². The highest BCUT2D eigenvalue weighted by atomic mass is 35.5. The molecule has 444 valence electrons. The molecule has 1 aliphatic carbocycles. The molecule has 11 rings (SSSR count). The van der Waals surface area contributed by atoms with Crippen molar-refractivity contribution in [3.63, 3.8) is 0 Å². The number of hydrogen-bond donors (Lipinski definition) is 1. The minimum Gasteiger partial charge on any atom is -0.495 e. The molecule has 3 atom stereocenters. The number of halogens is 1. The molecule has 1 saturated carbocycles. The molecule has 0 bridgehead atoms. The van der Waals surface area contributed by atoms with Gasteiger partial charge in [-0.1, -0.05) is 62.2 Å². The number of fused-ring (bicyclic) bond motifs is 3. The van der Waals surface area contributed by atoms with Crippen LogP contribution in [0.25, 0.3) is 10.8 Å². The van der Waals surface area contributed by atoms with Gasteiger partial charge in [-0.05, 0) is 134 Å². The second-order valence-electron chi connectivity index (χ2n) is 23.8. The first-order valence-electron chi connectivity index (χ1n) is 30.4. The van der Waals surface area contributed by atoms with E-state index in [0.29, 0.717) is 111 Å². The van der Waals surface area contributed by atoms with Gasteiger partial charge in [0.1, 0.15) is 29.9 Å². The van der Waals surface area contributed by atoms with Crippen LogP contribution in [0.4, 0.5) is 34.6 Å². The smallest absolute Gasteiger partial charge is 0.318 e. The highest BCUT2D eigenvalue weighted by Gasteiger charge is 2.42. The van der Waals surface area contributed by atoms with Gasteiger partial charge < -0.3 is 49.1 Å². The molecule has 5 aliphatic heterocycles. The molecule has 0 spiro atoms. The van der Waals surface area contributed by atoms with Crippen LogP contribution >= 0.6 is 11.6 Å². The summed E-state index contributed by atoms with van der Waals surface area (Å²) in [7, 11) is 7.59. The molecular weight excluding hydrogens is 1080 g/mol. The number of nitrogens with one attached hydrogen (secondary N) is 1. The Kier molecular flexibility index (Phi) is 18.2. The first-order valence-corrected chi connectivity index (χ1v) is 30.8. The lowest BCUT2D eigenvalue weighted by molar-refractivity contribution is -0.120. The zero-order chi connectivity index (χ0) is 58.6. The van der Waals surface area contributed by atoms with Crippen LogP contribution in [0.2, 0.25) is 5.02 Å². The number of carbonyl (C=O) groups excluding carboxylic acids is 3. The van der Waals surface area contributed by atoms with Crippen LogP contribution in [-0.2, 0) is 22.6 Å². The third kappa shape index (κ3) is 12.4. The zero-order valence-corrected chi connectivity index (χ0v) is 50.3. The number of likely N-dealkylation sites (N-methyl/N-ethyl adjacent to an activating group) is 2. The van der Waals surface area contributed by atoms with Crippen LogP contribution in [0.15, 0.2) is 72.9 Å². The quantitative estimate of drug-likeness (QED) is 0.0731. The van der Waals surface area contributed by atoms with Crippen molar-refractivity contribution in [2.75, 3.05) is 118 Å². The van der Waals surface area contributed by atoms with Crippen molar-refractivity contribution >= 4 is 74.6 Å². The van der Waals surface area contributed by atoms with Crippen LogP contribution in [0.1, 0.15) is 106 Å². The second-order valence-corrected chi connectivity index (χ2v) is 24.2. The topological polar surface area (TPSA) is 183 Å². The number of amides is 2. The normalized spacial score (nSPS) is 20.9. The maximum Gasteiger partial charge on any atom is 0.318 e. The summed E-state index contributed by atoms with van der Waals surface area (Å²) < 4.78 is 12.5. The van der Waals surface area contributed by atoms with E-state index in [4.69, 9.17) is 41.0 Å². The molecule has 2 amide bonds. The fraction of sp³-hybridized carbons (Fsp3) is 0.531. The van der Waals surface area contributed by atoms with Gasteiger partial charge in [-0.15, -0.1) is 0 Å². The monoisotopic (exact) mass is 1160 g/mol. The molecular formula is C64H81ClN14O5. The number of aromatic nitrogens is 4. The van der Waals surface area contributed by atoms with Crippen LogP contribution in [0.5, 0.6) is 11.8 Å². The molecule has 7 heterocycles. The number of methoxy groups -OCH3 is 1. The van der Waals surface area contributed by atoms with E-state index in [1.165, 1.54) is 0 Å². The summed E-state index contributed by atoms with van der Waals surface area (Å²) in [5.41, 5.74) is 5.12. The Morgan fingerprint density at radius 1 is 0.893 bits per heavy atom. The predicted octanol–water partition coefficient (Wildman–Crippen LogP) is 8.59. The van der Waals surface area contributed by atoms with Gasteiger partial charge in [-0.25, -0.2) is 4.98 Å². The molecule has 6 aliphatic rings. The third-order valence-corrected chi connectivity index (χ3v) is 18.8. The average Bonchev–Trinajstić information content (AvgIpc) is 3.38. The van der Waals surface area contributed by atoms with Crippen LogP contribution in [-0.4, -0.2) is 176 Å². The van der Waals surface area contributed by atoms with Gasteiger partial charge >= 0.3 is 6.01 Å². The molecule has 4 fully saturated rings.